The summed E-state index contributed by atoms with van der Waals surface area (Å²) in [6.45, 7) is 14.6. The Morgan fingerprint density at radius 1 is 0.737 bits per heavy atom. The van der Waals surface area contributed by atoms with E-state index in [1.165, 1.54) is 5.69 Å². The highest BCUT2D eigenvalue weighted by Gasteiger charge is 2.28. The van der Waals surface area contributed by atoms with Crippen molar-refractivity contribution in [1.82, 2.24) is 25.1 Å². The van der Waals surface area contributed by atoms with Crippen LogP contribution in [0.4, 0.5) is 11.4 Å². The topological polar surface area (TPSA) is 150 Å². The van der Waals surface area contributed by atoms with Gasteiger partial charge < -0.3 is 35.4 Å². The molecule has 4 aliphatic rings. The largest absolute Gasteiger partial charge is 0.480 e. The van der Waals surface area contributed by atoms with E-state index in [1.54, 1.807) is 12.4 Å². The second kappa shape index (κ2) is 20.7. The minimum Gasteiger partial charge on any atom is -0.480 e. The molecule has 0 aliphatic carbocycles. The molecule has 8 rings (SSSR count). The number of nitrogens with one attached hydrogen (secondary N) is 1. The van der Waals surface area contributed by atoms with Crippen molar-refractivity contribution in [2.24, 2.45) is 17.6 Å². The van der Waals surface area contributed by atoms with Crippen LogP contribution in [-0.4, -0.2) is 141 Å². The minimum atomic E-state index is -0.762. The Morgan fingerprint density at radius 2 is 1.23 bits per heavy atom. The molecule has 6 heterocycles. The van der Waals surface area contributed by atoms with Crippen LogP contribution in [0.15, 0.2) is 60.9 Å². The maximum absolute atomic E-state index is 12.5. The highest BCUT2D eigenvalue weighted by atomic mass is 35.5. The van der Waals surface area contributed by atoms with E-state index < -0.39 is 5.97 Å². The molecule has 4 aromatic rings. The van der Waals surface area contributed by atoms with E-state index in [1.807, 2.05) is 29.2 Å². The van der Waals surface area contributed by atoms with Crippen molar-refractivity contribution < 1.29 is 24.2 Å². The fraction of sp³-hybridized carbons (Fsp3) is 0.524. The number of ether oxygens (including phenoxy) is 2. The number of morpholine rings is 2. The van der Waals surface area contributed by atoms with Crippen LogP contribution in [0.25, 0.3) is 21.8 Å². The Hall–Kier alpha value is -3.82. The van der Waals surface area contributed by atoms with E-state index in [0.29, 0.717) is 54.9 Å². The number of nitrogens with two attached hydrogens (primary N) is 1. The number of carboxylic acids is 1. The first-order valence-electron chi connectivity index (χ1n) is 20.0. The number of carbonyl (C=O) groups excluding carboxylic acids is 1. The Labute approximate surface area is 345 Å². The number of fused-ring (bicyclic) bond motifs is 2. The van der Waals surface area contributed by atoms with Crippen LogP contribution in [0.5, 0.6) is 0 Å². The average Bonchev–Trinajstić information content (AvgIpc) is 3.19. The molecule has 4 aliphatic heterocycles. The lowest BCUT2D eigenvalue weighted by Gasteiger charge is -2.39. The van der Waals surface area contributed by atoms with Crippen LogP contribution in [0.3, 0.4) is 0 Å². The number of piperidine rings is 2. The van der Waals surface area contributed by atoms with Crippen LogP contribution < -0.4 is 20.9 Å². The zero-order valence-corrected chi connectivity index (χ0v) is 34.5. The van der Waals surface area contributed by atoms with E-state index in [-0.39, 0.29) is 24.5 Å². The van der Waals surface area contributed by atoms with Crippen molar-refractivity contribution in [3.63, 3.8) is 0 Å². The van der Waals surface area contributed by atoms with Gasteiger partial charge in [-0.3, -0.25) is 29.4 Å². The van der Waals surface area contributed by atoms with Gasteiger partial charge in [-0.25, -0.2) is 0 Å². The number of aliphatic carboxylic acids is 1. The van der Waals surface area contributed by atoms with Crippen molar-refractivity contribution in [3.8, 4) is 0 Å². The molecule has 4 atom stereocenters. The molecule has 4 fully saturated rings. The highest BCUT2D eigenvalue weighted by molar-refractivity contribution is 6.36. The first kappa shape index (κ1) is 42.8. The smallest absolute Gasteiger partial charge is 0.317 e. The number of amides is 1. The zero-order valence-electron chi connectivity index (χ0n) is 33.0. The van der Waals surface area contributed by atoms with E-state index in [2.05, 4.69) is 68.1 Å². The monoisotopic (exact) mass is 822 g/mol. The molecular weight excluding hydrogens is 767 g/mol. The summed E-state index contributed by atoms with van der Waals surface area (Å²) >= 11 is 12.6. The number of pyridine rings is 2. The van der Waals surface area contributed by atoms with E-state index in [4.69, 9.17) is 43.5 Å². The van der Waals surface area contributed by atoms with Crippen LogP contribution in [0.1, 0.15) is 26.7 Å². The predicted molar refractivity (Wildman–Crippen MR) is 228 cm³/mol. The maximum atomic E-state index is 12.5. The molecule has 2 aromatic carbocycles. The summed E-state index contributed by atoms with van der Waals surface area (Å²) in [4.78, 5) is 40.3. The van der Waals surface area contributed by atoms with Gasteiger partial charge in [0.05, 0.1) is 60.6 Å². The molecule has 15 heteroatoms. The van der Waals surface area contributed by atoms with E-state index in [9.17, 15) is 9.59 Å². The van der Waals surface area contributed by atoms with Crippen LogP contribution in [-0.2, 0) is 19.1 Å². The van der Waals surface area contributed by atoms with Crippen molar-refractivity contribution in [3.05, 3.63) is 71.0 Å². The summed E-state index contributed by atoms with van der Waals surface area (Å²) in [5.41, 5.74) is 10.2. The SMILES string of the molecule is C[C@H]1C[C@@H](N)CN(c2ccc(Cl)c3ncccc23)C1.C[C@H]1C[C@@H](NC(=O)CN2CCOCC2)CN(c2ccc(Cl)c3ncccc23)C1.O=C(O)CN1CCOCC1. The van der Waals surface area contributed by atoms with Crippen LogP contribution >= 0.6 is 23.2 Å². The first-order valence-corrected chi connectivity index (χ1v) is 20.7. The van der Waals surface area contributed by atoms with Gasteiger partial charge in [-0.2, -0.15) is 0 Å². The Balaban J connectivity index is 0.000000162. The number of hydrogen-bond acceptors (Lipinski definition) is 11. The molecule has 0 unspecified atom stereocenters. The van der Waals surface area contributed by atoms with Gasteiger partial charge >= 0.3 is 5.97 Å². The Kier molecular flexibility index (Phi) is 15.6. The minimum absolute atomic E-state index is 0.101. The molecule has 0 radical (unpaired) electrons. The molecule has 0 saturated carbocycles. The quantitative estimate of drug-likeness (QED) is 0.230. The third-order valence-corrected chi connectivity index (χ3v) is 11.3. The van der Waals surface area contributed by atoms with Crippen molar-refractivity contribution >= 4 is 68.3 Å². The molecule has 1 amide bonds. The number of benzene rings is 2. The molecule has 13 nitrogen and oxygen atoms in total. The average molecular weight is 824 g/mol. The number of carbonyl (C=O) groups is 2. The third-order valence-electron chi connectivity index (χ3n) is 10.7. The fourth-order valence-electron chi connectivity index (χ4n) is 8.23. The summed E-state index contributed by atoms with van der Waals surface area (Å²) in [6, 6.07) is 16.4. The van der Waals surface area contributed by atoms with Crippen LogP contribution in [0.2, 0.25) is 10.0 Å². The number of halogens is 2. The van der Waals surface area contributed by atoms with E-state index >= 15 is 0 Å². The van der Waals surface area contributed by atoms with Gasteiger partial charge in [-0.15, -0.1) is 0 Å². The van der Waals surface area contributed by atoms with Gasteiger partial charge in [0.25, 0.3) is 0 Å². The molecule has 4 saturated heterocycles. The molecule has 4 N–H and O–H groups in total. The zero-order chi connectivity index (χ0) is 40.3. The number of rotatable bonds is 7. The van der Waals surface area contributed by atoms with Crippen molar-refractivity contribution in [2.45, 2.75) is 38.8 Å². The number of aromatic nitrogens is 2. The maximum Gasteiger partial charge on any atom is 0.317 e. The van der Waals surface area contributed by atoms with Crippen LogP contribution in [0, 0.1) is 11.8 Å². The standard InChI is InChI=1S/C21H27ClN4O2.C15H18ClN3.C6H11NO3/c1-15-11-16(24-20(27)14-25-7-9-28-10-8-25)13-26(12-15)19-5-4-18(22)21-17(19)3-2-6-23-21;1-10-7-11(17)9-19(8-10)14-5-4-13(16)15-12(14)3-2-6-18-15;8-6(9)5-7-1-3-10-4-2-7/h2-6,15-16H,7-14H2,1H3,(H,24,27);2-6,10-11H,7-9,17H2,1H3;1-5H2,(H,8,9)/t15-,16+;10-,11+;/m00./s1. The number of carboxylic acid groups (broad SMARTS) is 1. The second-order valence-electron chi connectivity index (χ2n) is 15.6. The summed E-state index contributed by atoms with van der Waals surface area (Å²) in [7, 11) is 0. The third kappa shape index (κ3) is 12.1. The molecular formula is C42H56Cl2N8O5. The van der Waals surface area contributed by atoms with Gasteiger partial charge in [0, 0.05) is 99.0 Å². The predicted octanol–water partition coefficient (Wildman–Crippen LogP) is 5.02. The fourth-order valence-corrected chi connectivity index (χ4v) is 8.66. The van der Waals surface area contributed by atoms with Gasteiger partial charge in [-0.05, 0) is 73.2 Å². The molecule has 0 bridgehead atoms. The number of hydrogen-bond donors (Lipinski definition) is 3. The van der Waals surface area contributed by atoms with Gasteiger partial charge in [0.15, 0.2) is 0 Å². The Bertz CT molecular complexity index is 1940. The van der Waals surface area contributed by atoms with Gasteiger partial charge in [-0.1, -0.05) is 37.0 Å². The summed E-state index contributed by atoms with van der Waals surface area (Å²) in [6.07, 6.45) is 5.64. The van der Waals surface area contributed by atoms with Gasteiger partial charge in [0.1, 0.15) is 0 Å². The lowest BCUT2D eigenvalue weighted by Crippen LogP contribution is -2.53. The van der Waals surface area contributed by atoms with Gasteiger partial charge in [0.2, 0.25) is 5.91 Å². The molecule has 0 spiro atoms. The van der Waals surface area contributed by atoms with Crippen molar-refractivity contribution in [1.29, 1.82) is 0 Å². The molecule has 57 heavy (non-hydrogen) atoms. The number of nitrogens with zero attached hydrogens (tertiary/aromatic N) is 6. The normalized spacial score (nSPS) is 23.2. The first-order chi connectivity index (χ1) is 27.5. The lowest BCUT2D eigenvalue weighted by molar-refractivity contribution is -0.139. The summed E-state index contributed by atoms with van der Waals surface area (Å²) in [5, 5.41) is 15.2. The molecule has 2 aromatic heterocycles. The Morgan fingerprint density at radius 3 is 1.74 bits per heavy atom. The second-order valence-corrected chi connectivity index (χ2v) is 16.4. The summed E-state index contributed by atoms with van der Waals surface area (Å²) < 4.78 is 10.4. The lowest BCUT2D eigenvalue weighted by atomic mass is 9.94. The summed E-state index contributed by atoms with van der Waals surface area (Å²) in [5.74, 6) is 0.446. The van der Waals surface area contributed by atoms with Crippen molar-refractivity contribution in [2.75, 3.05) is 102 Å². The highest BCUT2D eigenvalue weighted by Crippen LogP contribution is 2.34. The number of anilines is 2. The molecule has 308 valence electrons. The van der Waals surface area contributed by atoms with E-state index in [0.717, 1.165) is 92.7 Å².